The average molecular weight is 634 g/mol. The summed E-state index contributed by atoms with van der Waals surface area (Å²) in [5, 5.41) is 7.31. The molecule has 4 aromatic carbocycles. The molecule has 12 heteroatoms. The number of nitrogens with zero attached hydrogens (tertiary/aromatic N) is 1. The minimum Gasteiger partial charge on any atom is -0.494 e. The number of benzene rings is 4. The number of nitrogens with one attached hydrogen (secondary N) is 2. The van der Waals surface area contributed by atoms with E-state index in [1.165, 1.54) is 60.8 Å². The summed E-state index contributed by atoms with van der Waals surface area (Å²) in [6.07, 6.45) is 1.24. The Kier molecular flexibility index (Phi) is 11.1. The Morgan fingerprint density at radius 2 is 1.27 bits per heavy atom. The zero-order valence-electron chi connectivity index (χ0n) is 23.2. The molecule has 4 rings (SSSR count). The molecule has 0 unspecified atom stereocenters. The number of hydrogen-bond acceptors (Lipinski definition) is 8. The Hall–Kier alpha value is -5.19. The van der Waals surface area contributed by atoms with Gasteiger partial charge in [0.2, 0.25) is 0 Å². The van der Waals surface area contributed by atoms with Gasteiger partial charge in [-0.05, 0) is 91.9 Å². The number of carbonyl (C=O) groups excluding carboxylic acids is 4. The maximum absolute atomic E-state index is 12.8. The normalized spacial score (nSPS) is 10.6. The molecule has 2 N–H and O–H groups in total. The van der Waals surface area contributed by atoms with Crippen LogP contribution in [0, 0.1) is 0 Å². The number of amides is 2. The van der Waals surface area contributed by atoms with Crippen LogP contribution in [-0.4, -0.2) is 43.1 Å². The van der Waals surface area contributed by atoms with E-state index in [4.69, 9.17) is 37.4 Å². The highest BCUT2D eigenvalue weighted by atomic mass is 35.5. The van der Waals surface area contributed by atoms with Crippen LogP contribution in [0.5, 0.6) is 17.2 Å². The van der Waals surface area contributed by atoms with Gasteiger partial charge in [-0.15, -0.1) is 0 Å². The van der Waals surface area contributed by atoms with Gasteiger partial charge in [0, 0.05) is 27.2 Å². The van der Waals surface area contributed by atoms with E-state index in [0.717, 1.165) is 0 Å². The van der Waals surface area contributed by atoms with Crippen molar-refractivity contribution in [2.45, 2.75) is 6.92 Å². The monoisotopic (exact) mass is 633 g/mol. The summed E-state index contributed by atoms with van der Waals surface area (Å²) in [5.41, 5.74) is 3.41. The van der Waals surface area contributed by atoms with Crippen LogP contribution in [0.3, 0.4) is 0 Å². The second-order valence-electron chi connectivity index (χ2n) is 8.93. The van der Waals surface area contributed by atoms with E-state index >= 15 is 0 Å². The van der Waals surface area contributed by atoms with Crippen LogP contribution < -0.4 is 25.0 Å². The van der Waals surface area contributed by atoms with Crippen molar-refractivity contribution in [1.29, 1.82) is 0 Å². The summed E-state index contributed by atoms with van der Waals surface area (Å²) in [6, 6.07) is 22.9. The Morgan fingerprint density at radius 3 is 1.86 bits per heavy atom. The van der Waals surface area contributed by atoms with E-state index in [0.29, 0.717) is 28.0 Å². The van der Waals surface area contributed by atoms with E-state index in [9.17, 15) is 19.2 Å². The lowest BCUT2D eigenvalue weighted by Crippen LogP contribution is -2.34. The van der Waals surface area contributed by atoms with Gasteiger partial charge < -0.3 is 19.5 Å². The van der Waals surface area contributed by atoms with E-state index in [2.05, 4.69) is 15.8 Å². The molecule has 0 spiro atoms. The van der Waals surface area contributed by atoms with Gasteiger partial charge in [-0.1, -0.05) is 23.2 Å². The first-order valence-corrected chi connectivity index (χ1v) is 13.9. The fourth-order valence-corrected chi connectivity index (χ4v) is 3.87. The summed E-state index contributed by atoms with van der Waals surface area (Å²) in [4.78, 5) is 50.0. The third-order valence-corrected chi connectivity index (χ3v) is 6.29. The van der Waals surface area contributed by atoms with Gasteiger partial charge in [0.15, 0.2) is 0 Å². The number of halogens is 2. The van der Waals surface area contributed by atoms with Crippen LogP contribution in [0.1, 0.15) is 43.6 Å². The van der Waals surface area contributed by atoms with Crippen molar-refractivity contribution >= 4 is 53.2 Å². The number of carbonyl (C=O) groups is 4. The van der Waals surface area contributed by atoms with E-state index in [1.54, 1.807) is 36.4 Å². The first kappa shape index (κ1) is 31.7. The minimum atomic E-state index is -0.710. The summed E-state index contributed by atoms with van der Waals surface area (Å²) in [7, 11) is 0. The number of esters is 2. The van der Waals surface area contributed by atoms with Crippen LogP contribution >= 0.6 is 23.2 Å². The maximum atomic E-state index is 12.8. The van der Waals surface area contributed by atoms with E-state index in [-0.39, 0.29) is 34.7 Å². The Balaban J connectivity index is 1.43. The summed E-state index contributed by atoms with van der Waals surface area (Å²) >= 11 is 11.8. The second-order valence-corrected chi connectivity index (χ2v) is 9.80. The smallest absolute Gasteiger partial charge is 0.343 e. The fourth-order valence-electron chi connectivity index (χ4n) is 3.62. The lowest BCUT2D eigenvalue weighted by Gasteiger charge is -2.11. The van der Waals surface area contributed by atoms with Crippen molar-refractivity contribution in [3.05, 3.63) is 123 Å². The third kappa shape index (κ3) is 9.15. The van der Waals surface area contributed by atoms with Crippen molar-refractivity contribution in [3.8, 4) is 17.2 Å². The highest BCUT2D eigenvalue weighted by molar-refractivity contribution is 6.31. The molecule has 0 heterocycles. The number of rotatable bonds is 11. The molecule has 0 aliphatic heterocycles. The molecular formula is C32H25Cl2N3O7. The van der Waals surface area contributed by atoms with Gasteiger partial charge in [-0.2, -0.15) is 5.10 Å². The van der Waals surface area contributed by atoms with E-state index in [1.807, 2.05) is 6.92 Å². The van der Waals surface area contributed by atoms with Gasteiger partial charge in [-0.25, -0.2) is 15.0 Å². The van der Waals surface area contributed by atoms with Crippen LogP contribution in [0.4, 0.5) is 0 Å². The number of hydrogen-bond donors (Lipinski definition) is 2. The Morgan fingerprint density at radius 1 is 0.727 bits per heavy atom. The first-order chi connectivity index (χ1) is 21.2. The SMILES string of the molecule is CCOc1ccc(C(=O)NCC(=O)NN=Cc2ccc(OC(=O)c3ccc(Cl)cc3)cc2OC(=O)c2ccc(Cl)cc2)cc1. The lowest BCUT2D eigenvalue weighted by molar-refractivity contribution is -0.120. The van der Waals surface area contributed by atoms with Gasteiger partial charge in [0.05, 0.1) is 30.5 Å². The minimum absolute atomic E-state index is 0.00634. The standard InChI is InChI=1S/C32H25Cl2N3O7/c1-2-42-26-14-7-20(8-15-26)30(39)35-19-29(38)37-36-18-23-9-16-27(43-31(40)21-3-10-24(33)11-4-21)17-28(23)44-32(41)22-5-12-25(34)13-6-22/h3-18H,2,19H2,1H3,(H,35,39)(H,37,38). The number of ether oxygens (including phenoxy) is 3. The van der Waals surface area contributed by atoms with Crippen LogP contribution in [0.25, 0.3) is 0 Å². The molecule has 4 aromatic rings. The second kappa shape index (κ2) is 15.3. The molecule has 0 saturated heterocycles. The largest absolute Gasteiger partial charge is 0.494 e. The molecule has 0 saturated carbocycles. The molecule has 0 bridgehead atoms. The van der Waals surface area contributed by atoms with Crippen molar-refractivity contribution in [1.82, 2.24) is 10.7 Å². The van der Waals surface area contributed by atoms with Gasteiger partial charge in [0.1, 0.15) is 17.2 Å². The molecule has 0 atom stereocenters. The van der Waals surface area contributed by atoms with E-state index < -0.39 is 23.8 Å². The first-order valence-electron chi connectivity index (χ1n) is 13.1. The van der Waals surface area contributed by atoms with Crippen molar-refractivity contribution in [2.75, 3.05) is 13.2 Å². The average Bonchev–Trinajstić information content (AvgIpc) is 3.02. The molecule has 10 nitrogen and oxygen atoms in total. The van der Waals surface area contributed by atoms with Crippen LogP contribution in [0.15, 0.2) is 96.1 Å². The summed E-state index contributed by atoms with van der Waals surface area (Å²) in [6.45, 7) is 2.01. The maximum Gasteiger partial charge on any atom is 0.343 e. The van der Waals surface area contributed by atoms with Crippen molar-refractivity contribution in [3.63, 3.8) is 0 Å². The quantitative estimate of drug-likeness (QED) is 0.0935. The predicted molar refractivity (Wildman–Crippen MR) is 165 cm³/mol. The molecule has 0 aliphatic rings. The zero-order valence-corrected chi connectivity index (χ0v) is 24.7. The van der Waals surface area contributed by atoms with Crippen molar-refractivity contribution in [2.24, 2.45) is 5.10 Å². The highest BCUT2D eigenvalue weighted by Crippen LogP contribution is 2.26. The predicted octanol–water partition coefficient (Wildman–Crippen LogP) is 5.71. The van der Waals surface area contributed by atoms with Gasteiger partial charge in [-0.3, -0.25) is 9.59 Å². The molecular weight excluding hydrogens is 609 g/mol. The molecule has 44 heavy (non-hydrogen) atoms. The summed E-state index contributed by atoms with van der Waals surface area (Å²) < 4.78 is 16.4. The zero-order chi connectivity index (χ0) is 31.5. The van der Waals surface area contributed by atoms with Crippen molar-refractivity contribution < 1.29 is 33.4 Å². The molecule has 0 aromatic heterocycles. The van der Waals surface area contributed by atoms with Gasteiger partial charge in [0.25, 0.3) is 11.8 Å². The molecule has 0 aliphatic carbocycles. The lowest BCUT2D eigenvalue weighted by atomic mass is 10.2. The molecule has 2 amide bonds. The van der Waals surface area contributed by atoms with Crippen LogP contribution in [-0.2, 0) is 4.79 Å². The van der Waals surface area contributed by atoms with Crippen LogP contribution in [0.2, 0.25) is 10.0 Å². The Labute approximate surface area is 262 Å². The number of hydrazone groups is 1. The Bertz CT molecular complexity index is 1670. The third-order valence-electron chi connectivity index (χ3n) is 5.79. The topological polar surface area (TPSA) is 132 Å². The molecule has 0 radical (unpaired) electrons. The van der Waals surface area contributed by atoms with Gasteiger partial charge >= 0.3 is 11.9 Å². The molecule has 0 fully saturated rings. The highest BCUT2D eigenvalue weighted by Gasteiger charge is 2.15. The summed E-state index contributed by atoms with van der Waals surface area (Å²) in [5.74, 6) is -1.71. The fraction of sp³-hybridized carbons (Fsp3) is 0.0938. The molecule has 224 valence electrons.